The largest absolute Gasteiger partial charge is 0.496 e. The van der Waals surface area contributed by atoms with Gasteiger partial charge in [0.05, 0.1) is 18.6 Å². The molecule has 0 atom stereocenters. The summed E-state index contributed by atoms with van der Waals surface area (Å²) in [6.07, 6.45) is 1.66. The van der Waals surface area contributed by atoms with E-state index in [1.165, 1.54) is 4.90 Å². The van der Waals surface area contributed by atoms with E-state index in [0.29, 0.717) is 26.3 Å². The fourth-order valence-electron chi connectivity index (χ4n) is 2.38. The second-order valence-corrected chi connectivity index (χ2v) is 7.08. The maximum Gasteiger partial charge on any atom is 0.293 e. The minimum atomic E-state index is -0.355. The Kier molecular flexibility index (Phi) is 5.37. The van der Waals surface area contributed by atoms with Crippen molar-refractivity contribution in [2.24, 2.45) is 0 Å². The number of para-hydroxylation sites is 1. The van der Waals surface area contributed by atoms with Crippen LogP contribution in [-0.4, -0.2) is 23.2 Å². The zero-order valence-electron chi connectivity index (χ0n) is 13.2. The minimum Gasteiger partial charge on any atom is -0.496 e. The van der Waals surface area contributed by atoms with E-state index in [4.69, 9.17) is 27.9 Å². The van der Waals surface area contributed by atoms with Crippen molar-refractivity contribution >= 4 is 52.2 Å². The lowest BCUT2D eigenvalue weighted by atomic mass is 10.1. The second kappa shape index (κ2) is 7.52. The molecule has 2 amide bonds. The number of benzene rings is 2. The zero-order valence-corrected chi connectivity index (χ0v) is 15.5. The van der Waals surface area contributed by atoms with Crippen LogP contribution in [-0.2, 0) is 11.3 Å². The Balaban J connectivity index is 1.86. The molecule has 1 fully saturated rings. The number of nitrogens with zero attached hydrogens (tertiary/aromatic N) is 1. The molecule has 0 N–H and O–H groups in total. The number of carbonyl (C=O) groups is 2. The van der Waals surface area contributed by atoms with Crippen molar-refractivity contribution in [3.05, 3.63) is 68.5 Å². The Morgan fingerprint density at radius 2 is 1.92 bits per heavy atom. The van der Waals surface area contributed by atoms with Crippen LogP contribution in [0.1, 0.15) is 11.1 Å². The van der Waals surface area contributed by atoms with Crippen molar-refractivity contribution in [1.82, 2.24) is 4.90 Å². The molecule has 0 spiro atoms. The van der Waals surface area contributed by atoms with Gasteiger partial charge >= 0.3 is 0 Å². The Hall–Kier alpha value is -1.95. The number of thioether (sulfide) groups is 1. The molecule has 7 heteroatoms. The highest BCUT2D eigenvalue weighted by molar-refractivity contribution is 8.18. The summed E-state index contributed by atoms with van der Waals surface area (Å²) in [6.45, 7) is 0.101. The molecule has 1 aliphatic rings. The Bertz CT molecular complexity index is 882. The lowest BCUT2D eigenvalue weighted by molar-refractivity contribution is -0.123. The highest BCUT2D eigenvalue weighted by atomic mass is 35.5. The van der Waals surface area contributed by atoms with Crippen LogP contribution in [0.3, 0.4) is 0 Å². The Morgan fingerprint density at radius 3 is 2.64 bits per heavy atom. The third-order valence-corrected chi connectivity index (χ3v) is 5.14. The van der Waals surface area contributed by atoms with E-state index in [-0.39, 0.29) is 17.7 Å². The van der Waals surface area contributed by atoms with Gasteiger partial charge in [-0.2, -0.15) is 0 Å². The van der Waals surface area contributed by atoms with Crippen LogP contribution in [0.4, 0.5) is 4.79 Å². The summed E-state index contributed by atoms with van der Waals surface area (Å²) in [5, 5.41) is 0.580. The summed E-state index contributed by atoms with van der Waals surface area (Å²) in [5.74, 6) is 0.280. The fourth-order valence-corrected chi connectivity index (χ4v) is 3.68. The smallest absolute Gasteiger partial charge is 0.293 e. The van der Waals surface area contributed by atoms with Gasteiger partial charge in [-0.25, -0.2) is 0 Å². The first-order valence-corrected chi connectivity index (χ1v) is 8.89. The maximum atomic E-state index is 12.6. The first-order valence-electron chi connectivity index (χ1n) is 7.32. The third kappa shape index (κ3) is 3.84. The van der Waals surface area contributed by atoms with Crippen LogP contribution in [0.5, 0.6) is 5.75 Å². The summed E-state index contributed by atoms with van der Waals surface area (Å²) in [5.41, 5.74) is 1.40. The van der Waals surface area contributed by atoms with E-state index in [1.807, 2.05) is 18.2 Å². The van der Waals surface area contributed by atoms with Gasteiger partial charge in [-0.1, -0.05) is 47.5 Å². The summed E-state index contributed by atoms with van der Waals surface area (Å²) < 4.78 is 5.27. The van der Waals surface area contributed by atoms with Gasteiger partial charge in [0.15, 0.2) is 0 Å². The summed E-state index contributed by atoms with van der Waals surface area (Å²) in [6, 6.07) is 12.3. The van der Waals surface area contributed by atoms with Gasteiger partial charge in [-0.05, 0) is 41.6 Å². The fraction of sp³-hybridized carbons (Fsp3) is 0.111. The molecule has 0 radical (unpaired) electrons. The van der Waals surface area contributed by atoms with Crippen LogP contribution in [0.15, 0.2) is 47.4 Å². The number of rotatable bonds is 4. The van der Waals surface area contributed by atoms with E-state index in [0.717, 1.165) is 17.3 Å². The number of hydrogen-bond donors (Lipinski definition) is 0. The molecular weight excluding hydrogens is 381 g/mol. The standard InChI is InChI=1S/C18H13Cl2NO3S/c1-24-15-5-3-2-4-11(15)8-16-17(22)21(18(23)25-16)10-12-6-7-13(19)9-14(12)20/h2-9H,10H2,1H3/b16-8-. The summed E-state index contributed by atoms with van der Waals surface area (Å²) in [4.78, 5) is 26.4. The molecule has 2 aromatic rings. The highest BCUT2D eigenvalue weighted by Crippen LogP contribution is 2.35. The average Bonchev–Trinajstić information content (AvgIpc) is 2.85. The molecule has 25 heavy (non-hydrogen) atoms. The lowest BCUT2D eigenvalue weighted by Crippen LogP contribution is -2.27. The first kappa shape index (κ1) is 17.9. The average molecular weight is 394 g/mol. The molecule has 2 aromatic carbocycles. The molecule has 1 heterocycles. The molecule has 4 nitrogen and oxygen atoms in total. The summed E-state index contributed by atoms with van der Waals surface area (Å²) in [7, 11) is 1.56. The molecule has 1 aliphatic heterocycles. The highest BCUT2D eigenvalue weighted by Gasteiger charge is 2.35. The van der Waals surface area contributed by atoms with Gasteiger partial charge in [0.2, 0.25) is 0 Å². The Morgan fingerprint density at radius 1 is 1.16 bits per heavy atom. The van der Waals surface area contributed by atoms with Crippen molar-refractivity contribution in [2.45, 2.75) is 6.54 Å². The van der Waals surface area contributed by atoms with E-state index in [1.54, 1.807) is 37.5 Å². The number of ether oxygens (including phenoxy) is 1. The first-order chi connectivity index (χ1) is 12.0. The van der Waals surface area contributed by atoms with Gasteiger partial charge in [0, 0.05) is 15.6 Å². The predicted molar refractivity (Wildman–Crippen MR) is 101 cm³/mol. The van der Waals surface area contributed by atoms with Gasteiger partial charge in [0.1, 0.15) is 5.75 Å². The third-order valence-electron chi connectivity index (χ3n) is 3.64. The molecular formula is C18H13Cl2NO3S. The van der Waals surface area contributed by atoms with E-state index >= 15 is 0 Å². The van der Waals surface area contributed by atoms with Crippen molar-refractivity contribution in [2.75, 3.05) is 7.11 Å². The number of halogens is 2. The molecule has 128 valence electrons. The number of carbonyl (C=O) groups excluding carboxylic acids is 2. The summed E-state index contributed by atoms with van der Waals surface area (Å²) >= 11 is 12.9. The van der Waals surface area contributed by atoms with Crippen molar-refractivity contribution in [3.8, 4) is 5.75 Å². The topological polar surface area (TPSA) is 46.6 Å². The lowest BCUT2D eigenvalue weighted by Gasteiger charge is -2.13. The van der Waals surface area contributed by atoms with Gasteiger partial charge in [-0.15, -0.1) is 0 Å². The van der Waals surface area contributed by atoms with Crippen molar-refractivity contribution in [1.29, 1.82) is 0 Å². The maximum absolute atomic E-state index is 12.6. The molecule has 1 saturated heterocycles. The van der Waals surface area contributed by atoms with Gasteiger partial charge in [-0.3, -0.25) is 14.5 Å². The molecule has 0 saturated carbocycles. The van der Waals surface area contributed by atoms with E-state index in [2.05, 4.69) is 0 Å². The number of amides is 2. The Labute approximate surface area is 159 Å². The zero-order chi connectivity index (χ0) is 18.0. The van der Waals surface area contributed by atoms with Crippen molar-refractivity contribution in [3.63, 3.8) is 0 Å². The molecule has 0 bridgehead atoms. The van der Waals surface area contributed by atoms with Crippen molar-refractivity contribution < 1.29 is 14.3 Å². The van der Waals surface area contributed by atoms with Crippen LogP contribution < -0.4 is 4.74 Å². The number of methoxy groups -OCH3 is 1. The molecule has 3 rings (SSSR count). The van der Waals surface area contributed by atoms with E-state index < -0.39 is 0 Å². The van der Waals surface area contributed by atoms with Crippen LogP contribution >= 0.6 is 35.0 Å². The van der Waals surface area contributed by atoms with Crippen LogP contribution in [0, 0.1) is 0 Å². The monoisotopic (exact) mass is 393 g/mol. The normalized spacial score (nSPS) is 16.0. The molecule has 0 aliphatic carbocycles. The molecule has 0 unspecified atom stereocenters. The minimum absolute atomic E-state index is 0.101. The quantitative estimate of drug-likeness (QED) is 0.666. The molecule has 0 aromatic heterocycles. The van der Waals surface area contributed by atoms with Gasteiger partial charge < -0.3 is 4.74 Å². The van der Waals surface area contributed by atoms with E-state index in [9.17, 15) is 9.59 Å². The predicted octanol–water partition coefficient (Wildman–Crippen LogP) is 5.24. The van der Waals surface area contributed by atoms with Gasteiger partial charge in [0.25, 0.3) is 11.1 Å². The SMILES string of the molecule is COc1ccccc1/C=C1\SC(=O)N(Cc2ccc(Cl)cc2Cl)C1=O. The van der Waals surface area contributed by atoms with Crippen LogP contribution in [0.25, 0.3) is 6.08 Å². The van der Waals surface area contributed by atoms with Crippen LogP contribution in [0.2, 0.25) is 10.0 Å². The second-order valence-electron chi connectivity index (χ2n) is 5.25. The number of imide groups is 1. The number of hydrogen-bond acceptors (Lipinski definition) is 4.